The molecule has 0 aliphatic carbocycles. The van der Waals surface area contributed by atoms with Gasteiger partial charge in [0.1, 0.15) is 4.88 Å². The lowest BCUT2D eigenvalue weighted by Gasteiger charge is -2.39. The van der Waals surface area contributed by atoms with Gasteiger partial charge in [-0.15, -0.1) is 0 Å². The van der Waals surface area contributed by atoms with Crippen molar-refractivity contribution in [3.63, 3.8) is 0 Å². The molecule has 0 radical (unpaired) electrons. The monoisotopic (exact) mass is 532 g/mol. The first-order valence-electron chi connectivity index (χ1n) is 12.1. The van der Waals surface area contributed by atoms with Crippen molar-refractivity contribution in [2.75, 3.05) is 30.9 Å². The van der Waals surface area contributed by atoms with Crippen LogP contribution in [0.5, 0.6) is 0 Å². The highest BCUT2D eigenvalue weighted by Crippen LogP contribution is 2.31. The summed E-state index contributed by atoms with van der Waals surface area (Å²) in [5, 5.41) is 0.191. The van der Waals surface area contributed by atoms with Crippen molar-refractivity contribution in [1.82, 2.24) is 14.8 Å². The first-order chi connectivity index (χ1) is 17.9. The predicted molar refractivity (Wildman–Crippen MR) is 146 cm³/mol. The van der Waals surface area contributed by atoms with Gasteiger partial charge in [-0.2, -0.15) is 0 Å². The van der Waals surface area contributed by atoms with Gasteiger partial charge in [0.25, 0.3) is 15.9 Å². The molecule has 0 spiro atoms. The molecule has 0 saturated carbocycles. The summed E-state index contributed by atoms with van der Waals surface area (Å²) < 4.78 is 27.9. The molecule has 1 aliphatic rings. The standard InChI is InChI=1S/C28H28N4O3S2/c1-21-26(36-28(29-21)30-37(34,35)24-15-9-4-10-16-24)27(33)32-19-17-31(18-20-32)25(22-11-5-2-6-12-22)23-13-7-3-8-14-23/h2-16,25H,17-20H2,1H3,(H,29,30). The van der Waals surface area contributed by atoms with E-state index in [0.717, 1.165) is 24.4 Å². The number of thiazole rings is 1. The second-order valence-corrected chi connectivity index (χ2v) is 11.6. The Hall–Kier alpha value is -3.53. The number of hydrogen-bond donors (Lipinski definition) is 1. The van der Waals surface area contributed by atoms with Crippen LogP contribution in [0.25, 0.3) is 0 Å². The third-order valence-corrected chi connectivity index (χ3v) is 9.01. The fourth-order valence-electron chi connectivity index (χ4n) is 4.62. The Bertz CT molecular complexity index is 1410. The van der Waals surface area contributed by atoms with Crippen LogP contribution in [0.2, 0.25) is 0 Å². The van der Waals surface area contributed by atoms with Crippen molar-refractivity contribution in [3.05, 3.63) is 113 Å². The minimum atomic E-state index is -3.77. The average Bonchev–Trinajstić information content (AvgIpc) is 3.29. The highest BCUT2D eigenvalue weighted by molar-refractivity contribution is 7.93. The molecule has 3 aromatic carbocycles. The SMILES string of the molecule is Cc1nc(NS(=O)(=O)c2ccccc2)sc1C(=O)N1CCN(C(c2ccccc2)c2ccccc2)CC1. The number of benzene rings is 3. The second-order valence-electron chi connectivity index (χ2n) is 8.90. The van der Waals surface area contributed by atoms with Gasteiger partial charge in [0.2, 0.25) is 0 Å². The van der Waals surface area contributed by atoms with Crippen LogP contribution >= 0.6 is 11.3 Å². The molecule has 7 nitrogen and oxygen atoms in total. The Morgan fingerprint density at radius 1 is 0.838 bits per heavy atom. The van der Waals surface area contributed by atoms with Crippen LogP contribution in [0.4, 0.5) is 5.13 Å². The third-order valence-electron chi connectivity index (χ3n) is 6.46. The minimum absolute atomic E-state index is 0.115. The molecule has 9 heteroatoms. The van der Waals surface area contributed by atoms with Gasteiger partial charge < -0.3 is 4.90 Å². The number of aryl methyl sites for hydroxylation is 1. The van der Waals surface area contributed by atoms with Gasteiger partial charge in [-0.3, -0.25) is 14.4 Å². The van der Waals surface area contributed by atoms with E-state index in [4.69, 9.17) is 0 Å². The Kier molecular flexibility index (Phi) is 7.36. The number of amides is 1. The summed E-state index contributed by atoms with van der Waals surface area (Å²) in [4.78, 5) is 22.6. The average molecular weight is 533 g/mol. The lowest BCUT2D eigenvalue weighted by atomic mass is 9.96. The molecule has 2 heterocycles. The van der Waals surface area contributed by atoms with E-state index in [-0.39, 0.29) is 22.0 Å². The number of carbonyl (C=O) groups excluding carboxylic acids is 1. The predicted octanol–water partition coefficient (Wildman–Crippen LogP) is 4.80. The molecule has 4 aromatic rings. The molecule has 1 N–H and O–H groups in total. The quantitative estimate of drug-likeness (QED) is 0.370. The van der Waals surface area contributed by atoms with Gasteiger partial charge in [0.05, 0.1) is 16.6 Å². The smallest absolute Gasteiger partial charge is 0.266 e. The lowest BCUT2D eigenvalue weighted by Crippen LogP contribution is -2.49. The summed E-state index contributed by atoms with van der Waals surface area (Å²) in [7, 11) is -3.77. The van der Waals surface area contributed by atoms with E-state index in [0.29, 0.717) is 23.7 Å². The van der Waals surface area contributed by atoms with Crippen molar-refractivity contribution in [1.29, 1.82) is 0 Å². The van der Waals surface area contributed by atoms with Crippen LogP contribution in [0.3, 0.4) is 0 Å². The van der Waals surface area contributed by atoms with E-state index >= 15 is 0 Å². The summed E-state index contributed by atoms with van der Waals surface area (Å²) in [5.41, 5.74) is 2.97. The molecule has 1 aliphatic heterocycles. The molecule has 1 fully saturated rings. The van der Waals surface area contributed by atoms with Crippen molar-refractivity contribution in [2.45, 2.75) is 17.9 Å². The Balaban J connectivity index is 1.29. The maximum atomic E-state index is 13.4. The number of nitrogens with zero attached hydrogens (tertiary/aromatic N) is 3. The first-order valence-corrected chi connectivity index (χ1v) is 14.4. The van der Waals surface area contributed by atoms with Crippen LogP contribution in [0.1, 0.15) is 32.5 Å². The van der Waals surface area contributed by atoms with Crippen LogP contribution < -0.4 is 4.72 Å². The number of anilines is 1. The topological polar surface area (TPSA) is 82.6 Å². The van der Waals surface area contributed by atoms with Crippen LogP contribution in [-0.2, 0) is 10.0 Å². The van der Waals surface area contributed by atoms with Gasteiger partial charge in [0.15, 0.2) is 5.13 Å². The molecular formula is C28H28N4O3S2. The van der Waals surface area contributed by atoms with E-state index in [1.165, 1.54) is 23.3 Å². The van der Waals surface area contributed by atoms with Gasteiger partial charge in [0, 0.05) is 26.2 Å². The maximum absolute atomic E-state index is 13.4. The van der Waals surface area contributed by atoms with Gasteiger partial charge >= 0.3 is 0 Å². The van der Waals surface area contributed by atoms with Crippen molar-refractivity contribution < 1.29 is 13.2 Å². The molecule has 1 saturated heterocycles. The molecule has 1 amide bonds. The number of piperazine rings is 1. The molecule has 37 heavy (non-hydrogen) atoms. The van der Waals surface area contributed by atoms with E-state index in [1.54, 1.807) is 25.1 Å². The lowest BCUT2D eigenvalue weighted by molar-refractivity contribution is 0.0601. The van der Waals surface area contributed by atoms with Crippen LogP contribution in [0, 0.1) is 6.92 Å². The van der Waals surface area contributed by atoms with Gasteiger partial charge in [-0.05, 0) is 30.2 Å². The highest BCUT2D eigenvalue weighted by atomic mass is 32.2. The highest BCUT2D eigenvalue weighted by Gasteiger charge is 2.30. The largest absolute Gasteiger partial charge is 0.335 e. The third kappa shape index (κ3) is 5.58. The molecule has 0 unspecified atom stereocenters. The molecule has 0 atom stereocenters. The minimum Gasteiger partial charge on any atom is -0.335 e. The summed E-state index contributed by atoms with van der Waals surface area (Å²) in [5.74, 6) is -0.115. The molecule has 0 bridgehead atoms. The van der Waals surface area contributed by atoms with Crippen molar-refractivity contribution >= 4 is 32.4 Å². The van der Waals surface area contributed by atoms with Crippen LogP contribution in [0.15, 0.2) is 95.9 Å². The van der Waals surface area contributed by atoms with Gasteiger partial charge in [-0.25, -0.2) is 13.4 Å². The Morgan fingerprint density at radius 3 is 1.89 bits per heavy atom. The zero-order valence-electron chi connectivity index (χ0n) is 20.4. The molecule has 5 rings (SSSR count). The van der Waals surface area contributed by atoms with Crippen molar-refractivity contribution in [2.24, 2.45) is 0 Å². The Labute approximate surface area is 221 Å². The number of hydrogen-bond acceptors (Lipinski definition) is 6. The summed E-state index contributed by atoms with van der Waals surface area (Å²) in [6.07, 6.45) is 0. The number of aromatic nitrogens is 1. The molecule has 190 valence electrons. The second kappa shape index (κ2) is 10.8. The van der Waals surface area contributed by atoms with E-state index in [2.05, 4.69) is 63.1 Å². The molecular weight excluding hydrogens is 504 g/mol. The molecule has 1 aromatic heterocycles. The fraction of sp³-hybridized carbons (Fsp3) is 0.214. The van der Waals surface area contributed by atoms with Crippen molar-refractivity contribution in [3.8, 4) is 0 Å². The normalized spacial score (nSPS) is 14.6. The number of rotatable bonds is 7. The zero-order valence-corrected chi connectivity index (χ0v) is 22.1. The summed E-state index contributed by atoms with van der Waals surface area (Å²) in [6, 6.07) is 29.1. The summed E-state index contributed by atoms with van der Waals surface area (Å²) >= 11 is 1.08. The fourth-order valence-corrected chi connectivity index (χ4v) is 6.81. The van der Waals surface area contributed by atoms with Crippen LogP contribution in [-0.4, -0.2) is 55.3 Å². The van der Waals surface area contributed by atoms with E-state index in [1.807, 2.05) is 17.0 Å². The van der Waals surface area contributed by atoms with Gasteiger partial charge in [-0.1, -0.05) is 90.2 Å². The first kappa shape index (κ1) is 25.1. The van der Waals surface area contributed by atoms with E-state index < -0.39 is 10.0 Å². The number of carbonyl (C=O) groups is 1. The number of sulfonamides is 1. The summed E-state index contributed by atoms with van der Waals surface area (Å²) in [6.45, 7) is 4.35. The zero-order chi connectivity index (χ0) is 25.8. The van der Waals surface area contributed by atoms with E-state index in [9.17, 15) is 13.2 Å². The number of nitrogens with one attached hydrogen (secondary N) is 1. The maximum Gasteiger partial charge on any atom is 0.266 e. The Morgan fingerprint density at radius 2 is 1.35 bits per heavy atom.